The van der Waals surface area contributed by atoms with Crippen molar-refractivity contribution in [2.45, 2.75) is 27.2 Å². The lowest BCUT2D eigenvalue weighted by atomic mass is 9.90. The molecule has 0 saturated heterocycles. The molecule has 0 spiro atoms. The van der Waals surface area contributed by atoms with Crippen molar-refractivity contribution in [2.24, 2.45) is 5.41 Å². The van der Waals surface area contributed by atoms with E-state index in [0.29, 0.717) is 17.1 Å². The fraction of sp³-hybridized carbons (Fsp3) is 0.500. The number of amides is 1. The SMILES string of the molecule is Cc1c(Cl)cccc1C(=O)NCC(C)(C)CCBr. The summed E-state index contributed by atoms with van der Waals surface area (Å²) in [7, 11) is 0. The van der Waals surface area contributed by atoms with Crippen LogP contribution in [-0.2, 0) is 0 Å². The summed E-state index contributed by atoms with van der Waals surface area (Å²) in [6, 6.07) is 5.39. The van der Waals surface area contributed by atoms with Crippen molar-refractivity contribution in [1.29, 1.82) is 0 Å². The first-order chi connectivity index (χ1) is 8.37. The number of alkyl halides is 1. The fourth-order valence-corrected chi connectivity index (χ4v) is 2.86. The highest BCUT2D eigenvalue weighted by Gasteiger charge is 2.19. The molecule has 0 atom stereocenters. The van der Waals surface area contributed by atoms with E-state index < -0.39 is 0 Å². The maximum atomic E-state index is 12.1. The van der Waals surface area contributed by atoms with Crippen LogP contribution in [0.25, 0.3) is 0 Å². The molecule has 18 heavy (non-hydrogen) atoms. The molecule has 0 aliphatic carbocycles. The van der Waals surface area contributed by atoms with Crippen molar-refractivity contribution in [2.75, 3.05) is 11.9 Å². The molecule has 0 heterocycles. The minimum absolute atomic E-state index is 0.0577. The zero-order chi connectivity index (χ0) is 13.8. The maximum absolute atomic E-state index is 12.1. The highest BCUT2D eigenvalue weighted by Crippen LogP contribution is 2.21. The summed E-state index contributed by atoms with van der Waals surface area (Å²) >= 11 is 9.44. The van der Waals surface area contributed by atoms with E-state index in [-0.39, 0.29) is 11.3 Å². The van der Waals surface area contributed by atoms with Gasteiger partial charge in [0.1, 0.15) is 0 Å². The number of benzene rings is 1. The lowest BCUT2D eigenvalue weighted by Gasteiger charge is -2.24. The van der Waals surface area contributed by atoms with Crippen LogP contribution >= 0.6 is 27.5 Å². The normalized spacial score (nSPS) is 11.4. The number of carbonyl (C=O) groups is 1. The third kappa shape index (κ3) is 4.29. The molecule has 0 unspecified atom stereocenters. The van der Waals surface area contributed by atoms with Gasteiger partial charge < -0.3 is 5.32 Å². The first-order valence-electron chi connectivity index (χ1n) is 5.97. The third-order valence-electron chi connectivity index (χ3n) is 3.01. The van der Waals surface area contributed by atoms with Crippen LogP contribution in [0, 0.1) is 12.3 Å². The molecular weight excluding hydrogens is 314 g/mol. The van der Waals surface area contributed by atoms with E-state index in [0.717, 1.165) is 17.3 Å². The minimum Gasteiger partial charge on any atom is -0.351 e. The van der Waals surface area contributed by atoms with Gasteiger partial charge in [0.15, 0.2) is 0 Å². The summed E-state index contributed by atoms with van der Waals surface area (Å²) < 4.78 is 0. The topological polar surface area (TPSA) is 29.1 Å². The molecule has 0 fully saturated rings. The first-order valence-corrected chi connectivity index (χ1v) is 7.46. The largest absolute Gasteiger partial charge is 0.351 e. The Morgan fingerprint density at radius 2 is 2.11 bits per heavy atom. The number of halogens is 2. The zero-order valence-electron chi connectivity index (χ0n) is 11.0. The van der Waals surface area contributed by atoms with Gasteiger partial charge in [-0.2, -0.15) is 0 Å². The Morgan fingerprint density at radius 3 is 2.72 bits per heavy atom. The molecule has 0 bridgehead atoms. The van der Waals surface area contributed by atoms with Crippen LogP contribution in [0.15, 0.2) is 18.2 Å². The van der Waals surface area contributed by atoms with E-state index in [1.54, 1.807) is 18.2 Å². The van der Waals surface area contributed by atoms with E-state index in [2.05, 4.69) is 35.1 Å². The molecule has 2 nitrogen and oxygen atoms in total. The number of nitrogens with one attached hydrogen (secondary N) is 1. The summed E-state index contributed by atoms with van der Waals surface area (Å²) in [6.45, 7) is 6.79. The summed E-state index contributed by atoms with van der Waals surface area (Å²) in [6.07, 6.45) is 1.02. The van der Waals surface area contributed by atoms with Crippen molar-refractivity contribution in [3.63, 3.8) is 0 Å². The monoisotopic (exact) mass is 331 g/mol. The van der Waals surface area contributed by atoms with Gasteiger partial charge in [0.05, 0.1) is 0 Å². The van der Waals surface area contributed by atoms with E-state index in [1.807, 2.05) is 6.92 Å². The Labute approximate surface area is 122 Å². The molecule has 0 aliphatic heterocycles. The van der Waals surface area contributed by atoms with Gasteiger partial charge in [0, 0.05) is 22.5 Å². The molecule has 4 heteroatoms. The Balaban J connectivity index is 2.69. The average Bonchev–Trinajstić information content (AvgIpc) is 2.30. The highest BCUT2D eigenvalue weighted by molar-refractivity contribution is 9.09. The Kier molecular flexibility index (Phi) is 5.67. The predicted molar refractivity (Wildman–Crippen MR) is 80.7 cm³/mol. The highest BCUT2D eigenvalue weighted by atomic mass is 79.9. The molecule has 1 aromatic carbocycles. The van der Waals surface area contributed by atoms with Gasteiger partial charge in [-0.1, -0.05) is 47.4 Å². The van der Waals surface area contributed by atoms with E-state index in [1.165, 1.54) is 0 Å². The molecule has 0 saturated carbocycles. The Morgan fingerprint density at radius 1 is 1.44 bits per heavy atom. The molecule has 1 rings (SSSR count). The number of rotatable bonds is 5. The van der Waals surface area contributed by atoms with E-state index in [4.69, 9.17) is 11.6 Å². The van der Waals surface area contributed by atoms with Gasteiger partial charge >= 0.3 is 0 Å². The van der Waals surface area contributed by atoms with Crippen molar-refractivity contribution in [3.8, 4) is 0 Å². The van der Waals surface area contributed by atoms with Crippen LogP contribution in [0.3, 0.4) is 0 Å². The summed E-state index contributed by atoms with van der Waals surface area (Å²) in [4.78, 5) is 12.1. The van der Waals surface area contributed by atoms with Crippen LogP contribution < -0.4 is 5.32 Å². The number of hydrogen-bond acceptors (Lipinski definition) is 1. The lowest BCUT2D eigenvalue weighted by Crippen LogP contribution is -2.34. The average molecular weight is 333 g/mol. The second-order valence-corrected chi connectivity index (χ2v) is 6.40. The molecule has 1 aromatic rings. The van der Waals surface area contributed by atoms with Crippen LogP contribution in [-0.4, -0.2) is 17.8 Å². The molecule has 1 amide bonds. The molecule has 1 N–H and O–H groups in total. The summed E-state index contributed by atoms with van der Waals surface area (Å²) in [5.74, 6) is -0.0577. The van der Waals surface area contributed by atoms with Crippen molar-refractivity contribution in [1.82, 2.24) is 5.32 Å². The van der Waals surface area contributed by atoms with Crippen molar-refractivity contribution >= 4 is 33.4 Å². The minimum atomic E-state index is -0.0577. The predicted octanol–water partition coefficient (Wildman–Crippen LogP) is 4.19. The standard InChI is InChI=1S/C14H19BrClNO/c1-10-11(5-4-6-12(10)16)13(18)17-9-14(2,3)7-8-15/h4-6H,7-9H2,1-3H3,(H,17,18). The maximum Gasteiger partial charge on any atom is 0.251 e. The third-order valence-corrected chi connectivity index (χ3v) is 3.82. The summed E-state index contributed by atoms with van der Waals surface area (Å²) in [5.41, 5.74) is 1.57. The Bertz CT molecular complexity index is 432. The van der Waals surface area contributed by atoms with Gasteiger partial charge in [-0.05, 0) is 36.5 Å². The quantitative estimate of drug-likeness (QED) is 0.805. The number of hydrogen-bond donors (Lipinski definition) is 1. The van der Waals surface area contributed by atoms with E-state index in [9.17, 15) is 4.79 Å². The zero-order valence-corrected chi connectivity index (χ0v) is 13.4. The molecule has 0 aromatic heterocycles. The summed E-state index contributed by atoms with van der Waals surface area (Å²) in [5, 5.41) is 4.54. The van der Waals surface area contributed by atoms with Crippen LogP contribution in [0.5, 0.6) is 0 Å². The molecule has 0 aliphatic rings. The van der Waals surface area contributed by atoms with Gasteiger partial charge in [0.2, 0.25) is 0 Å². The van der Waals surface area contributed by atoms with Gasteiger partial charge in [-0.15, -0.1) is 0 Å². The van der Waals surface area contributed by atoms with Crippen LogP contribution in [0.2, 0.25) is 5.02 Å². The van der Waals surface area contributed by atoms with Gasteiger partial charge in [-0.25, -0.2) is 0 Å². The smallest absolute Gasteiger partial charge is 0.251 e. The van der Waals surface area contributed by atoms with Crippen LogP contribution in [0.1, 0.15) is 36.2 Å². The van der Waals surface area contributed by atoms with Gasteiger partial charge in [0.25, 0.3) is 5.91 Å². The Hall–Kier alpha value is -0.540. The molecular formula is C14H19BrClNO. The van der Waals surface area contributed by atoms with Crippen molar-refractivity contribution < 1.29 is 4.79 Å². The lowest BCUT2D eigenvalue weighted by molar-refractivity contribution is 0.0935. The first kappa shape index (κ1) is 15.5. The van der Waals surface area contributed by atoms with Crippen LogP contribution in [0.4, 0.5) is 0 Å². The molecule has 0 radical (unpaired) electrons. The number of carbonyl (C=O) groups excluding carboxylic acids is 1. The molecule has 100 valence electrons. The van der Waals surface area contributed by atoms with Gasteiger partial charge in [-0.3, -0.25) is 4.79 Å². The fourth-order valence-electron chi connectivity index (χ4n) is 1.61. The van der Waals surface area contributed by atoms with Crippen molar-refractivity contribution in [3.05, 3.63) is 34.3 Å². The second kappa shape index (κ2) is 6.58. The van der Waals surface area contributed by atoms with E-state index >= 15 is 0 Å². The second-order valence-electron chi connectivity index (χ2n) is 5.20.